The van der Waals surface area contributed by atoms with Crippen LogP contribution in [0.2, 0.25) is 5.02 Å². The number of hydrogen-bond donors (Lipinski definition) is 2. The molecule has 0 bridgehead atoms. The van der Waals surface area contributed by atoms with Crippen LogP contribution in [0.4, 0.5) is 5.69 Å². The summed E-state index contributed by atoms with van der Waals surface area (Å²) in [6.45, 7) is 5.04. The van der Waals surface area contributed by atoms with Gasteiger partial charge >= 0.3 is 0 Å². The van der Waals surface area contributed by atoms with Crippen LogP contribution < -0.4 is 16.1 Å². The van der Waals surface area contributed by atoms with Crippen molar-refractivity contribution in [3.05, 3.63) is 64.7 Å². The van der Waals surface area contributed by atoms with Gasteiger partial charge in [0.15, 0.2) is 5.11 Å². The molecule has 0 unspecified atom stereocenters. The molecule has 0 radical (unpaired) electrons. The highest BCUT2D eigenvalue weighted by Gasteiger charge is 2.17. The van der Waals surface area contributed by atoms with Crippen molar-refractivity contribution in [3.63, 3.8) is 0 Å². The molecule has 0 amide bonds. The highest BCUT2D eigenvalue weighted by molar-refractivity contribution is 7.80. The Bertz CT molecular complexity index is 770. The van der Waals surface area contributed by atoms with Crippen LogP contribution in [0.15, 0.2) is 53.6 Å². The minimum Gasteiger partial charge on any atom is -0.375 e. The molecule has 1 heterocycles. The van der Waals surface area contributed by atoms with Gasteiger partial charge < -0.3 is 10.6 Å². The maximum absolute atomic E-state index is 6.07. The molecule has 2 aromatic carbocycles. The standard InChI is InChI=1S/C19H22ClN5S/c20-17-3-1-2-16(12-17)14-24-8-10-25(11-9-24)18-6-4-15(5-7-18)13-22-23-19(21)26/h1-7,12-13H,8-11,14H2,(H3,21,23,26). The predicted molar refractivity (Wildman–Crippen MR) is 113 cm³/mol. The van der Waals surface area contributed by atoms with E-state index >= 15 is 0 Å². The zero-order valence-electron chi connectivity index (χ0n) is 14.4. The number of piperazine rings is 1. The Morgan fingerprint density at radius 1 is 1.15 bits per heavy atom. The van der Waals surface area contributed by atoms with E-state index in [1.165, 1.54) is 11.3 Å². The number of halogens is 1. The van der Waals surface area contributed by atoms with Gasteiger partial charge in [-0.25, -0.2) is 0 Å². The number of nitrogens with two attached hydrogens (primary N) is 1. The molecule has 0 spiro atoms. The Balaban J connectivity index is 1.51. The van der Waals surface area contributed by atoms with Gasteiger partial charge in [0.2, 0.25) is 0 Å². The molecule has 3 rings (SSSR count). The molecule has 0 saturated carbocycles. The summed E-state index contributed by atoms with van der Waals surface area (Å²) in [5.41, 5.74) is 11.4. The third kappa shape index (κ3) is 5.42. The fourth-order valence-corrected chi connectivity index (χ4v) is 3.26. The Kier molecular flexibility index (Phi) is 6.44. The molecule has 3 N–H and O–H groups in total. The molecule has 26 heavy (non-hydrogen) atoms. The summed E-state index contributed by atoms with van der Waals surface area (Å²) in [4.78, 5) is 4.87. The van der Waals surface area contributed by atoms with Gasteiger partial charge in [-0.3, -0.25) is 10.3 Å². The summed E-state index contributed by atoms with van der Waals surface area (Å²) in [5.74, 6) is 0. The summed E-state index contributed by atoms with van der Waals surface area (Å²) in [5, 5.41) is 4.93. The van der Waals surface area contributed by atoms with Crippen molar-refractivity contribution < 1.29 is 0 Å². The zero-order valence-corrected chi connectivity index (χ0v) is 16.0. The molecule has 2 aromatic rings. The molecule has 1 aliphatic heterocycles. The zero-order chi connectivity index (χ0) is 18.4. The van der Waals surface area contributed by atoms with Crippen LogP contribution in [0.5, 0.6) is 0 Å². The number of benzene rings is 2. The topological polar surface area (TPSA) is 56.9 Å². The van der Waals surface area contributed by atoms with E-state index in [2.05, 4.69) is 38.5 Å². The van der Waals surface area contributed by atoms with E-state index in [1.54, 1.807) is 6.21 Å². The van der Waals surface area contributed by atoms with Gasteiger partial charge in [-0.1, -0.05) is 35.9 Å². The van der Waals surface area contributed by atoms with Gasteiger partial charge in [0.05, 0.1) is 6.21 Å². The number of anilines is 1. The molecule has 1 fully saturated rings. The van der Waals surface area contributed by atoms with E-state index in [9.17, 15) is 0 Å². The second-order valence-electron chi connectivity index (χ2n) is 6.22. The van der Waals surface area contributed by atoms with E-state index < -0.39 is 0 Å². The second-order valence-corrected chi connectivity index (χ2v) is 7.10. The SMILES string of the molecule is NC(=S)NN=Cc1ccc(N2CCN(Cc3cccc(Cl)c3)CC2)cc1. The Hall–Kier alpha value is -2.15. The number of rotatable bonds is 5. The summed E-state index contributed by atoms with van der Waals surface area (Å²) in [6, 6.07) is 16.4. The lowest BCUT2D eigenvalue weighted by Crippen LogP contribution is -2.45. The van der Waals surface area contributed by atoms with E-state index in [-0.39, 0.29) is 5.11 Å². The van der Waals surface area contributed by atoms with Crippen LogP contribution in [0.3, 0.4) is 0 Å². The first kappa shape index (κ1) is 18.6. The average Bonchev–Trinajstić information content (AvgIpc) is 2.63. The third-order valence-corrected chi connectivity index (χ3v) is 4.64. The fourth-order valence-electron chi connectivity index (χ4n) is 3.00. The first-order valence-corrected chi connectivity index (χ1v) is 9.29. The normalized spacial score (nSPS) is 15.3. The van der Waals surface area contributed by atoms with Crippen LogP contribution in [0.25, 0.3) is 0 Å². The molecule has 1 saturated heterocycles. The third-order valence-electron chi connectivity index (χ3n) is 4.31. The van der Waals surface area contributed by atoms with Gasteiger partial charge in [0, 0.05) is 43.4 Å². The van der Waals surface area contributed by atoms with Gasteiger partial charge in [-0.2, -0.15) is 5.10 Å². The minimum absolute atomic E-state index is 0.161. The summed E-state index contributed by atoms with van der Waals surface area (Å²) < 4.78 is 0. The maximum atomic E-state index is 6.07. The van der Waals surface area contributed by atoms with Crippen LogP contribution in [-0.4, -0.2) is 42.4 Å². The first-order valence-electron chi connectivity index (χ1n) is 8.50. The Morgan fingerprint density at radius 3 is 2.54 bits per heavy atom. The second kappa shape index (κ2) is 8.98. The van der Waals surface area contributed by atoms with Gasteiger partial charge in [-0.05, 0) is 47.6 Å². The largest absolute Gasteiger partial charge is 0.375 e. The molecule has 0 aliphatic carbocycles. The van der Waals surface area contributed by atoms with Crippen molar-refractivity contribution in [1.29, 1.82) is 0 Å². The minimum atomic E-state index is 0.161. The van der Waals surface area contributed by atoms with Crippen LogP contribution in [0.1, 0.15) is 11.1 Å². The molecule has 7 heteroatoms. The van der Waals surface area contributed by atoms with E-state index in [1.807, 2.05) is 30.3 Å². The number of hydrogen-bond acceptors (Lipinski definition) is 4. The lowest BCUT2D eigenvalue weighted by Gasteiger charge is -2.36. The predicted octanol–water partition coefficient (Wildman–Crippen LogP) is 2.83. The van der Waals surface area contributed by atoms with Gasteiger partial charge in [-0.15, -0.1) is 0 Å². The maximum Gasteiger partial charge on any atom is 0.184 e. The number of hydrazone groups is 1. The van der Waals surface area contributed by atoms with E-state index in [0.29, 0.717) is 0 Å². The van der Waals surface area contributed by atoms with Crippen molar-refractivity contribution in [2.45, 2.75) is 6.54 Å². The van der Waals surface area contributed by atoms with E-state index in [0.717, 1.165) is 43.3 Å². The molecule has 136 valence electrons. The van der Waals surface area contributed by atoms with Gasteiger partial charge in [0.1, 0.15) is 0 Å². The molecule has 5 nitrogen and oxygen atoms in total. The first-order chi connectivity index (χ1) is 12.6. The van der Waals surface area contributed by atoms with Crippen LogP contribution in [0, 0.1) is 0 Å². The average molecular weight is 388 g/mol. The van der Waals surface area contributed by atoms with Crippen molar-refractivity contribution in [2.24, 2.45) is 10.8 Å². The van der Waals surface area contributed by atoms with Crippen molar-refractivity contribution in [1.82, 2.24) is 10.3 Å². The molecule has 0 atom stereocenters. The van der Waals surface area contributed by atoms with Crippen LogP contribution in [-0.2, 0) is 6.54 Å². The summed E-state index contributed by atoms with van der Waals surface area (Å²) in [7, 11) is 0. The van der Waals surface area contributed by atoms with Crippen molar-refractivity contribution >= 4 is 40.8 Å². The smallest absolute Gasteiger partial charge is 0.184 e. The number of nitrogens with zero attached hydrogens (tertiary/aromatic N) is 3. The summed E-state index contributed by atoms with van der Waals surface area (Å²) >= 11 is 10.8. The number of thiocarbonyl (C=S) groups is 1. The van der Waals surface area contributed by atoms with E-state index in [4.69, 9.17) is 29.6 Å². The Morgan fingerprint density at radius 2 is 1.88 bits per heavy atom. The van der Waals surface area contributed by atoms with Crippen molar-refractivity contribution in [3.8, 4) is 0 Å². The highest BCUT2D eigenvalue weighted by atomic mass is 35.5. The molecule has 0 aromatic heterocycles. The molecule has 1 aliphatic rings. The molecular formula is C19H22ClN5S. The number of nitrogens with one attached hydrogen (secondary N) is 1. The lowest BCUT2D eigenvalue weighted by atomic mass is 10.1. The highest BCUT2D eigenvalue weighted by Crippen LogP contribution is 2.19. The fraction of sp³-hybridized carbons (Fsp3) is 0.263. The summed E-state index contributed by atoms with van der Waals surface area (Å²) in [6.07, 6.45) is 1.70. The van der Waals surface area contributed by atoms with Crippen molar-refractivity contribution in [2.75, 3.05) is 31.1 Å². The van der Waals surface area contributed by atoms with Gasteiger partial charge in [0.25, 0.3) is 0 Å². The monoisotopic (exact) mass is 387 g/mol. The molecular weight excluding hydrogens is 366 g/mol. The van der Waals surface area contributed by atoms with Crippen LogP contribution >= 0.6 is 23.8 Å². The Labute approximate surface area is 164 Å². The quantitative estimate of drug-likeness (QED) is 0.469. The lowest BCUT2D eigenvalue weighted by molar-refractivity contribution is 0.250.